The van der Waals surface area contributed by atoms with E-state index in [1.807, 2.05) is 0 Å². The van der Waals surface area contributed by atoms with Gasteiger partial charge in [0.1, 0.15) is 5.72 Å². The fourth-order valence-electron chi connectivity index (χ4n) is 2.30. The topological polar surface area (TPSA) is 23.5 Å². The average molecular weight is 169 g/mol. The SMILES string of the molecule is OC1(N2CCCCCC2)CCC1. The predicted octanol–water partition coefficient (Wildman–Crippen LogP) is 1.73. The first-order valence-electron chi connectivity index (χ1n) is 5.29. The van der Waals surface area contributed by atoms with Crippen LogP contribution in [0.25, 0.3) is 0 Å². The minimum absolute atomic E-state index is 0.385. The van der Waals surface area contributed by atoms with Crippen molar-refractivity contribution in [3.05, 3.63) is 0 Å². The second-order valence-corrected chi connectivity index (χ2v) is 4.24. The Hall–Kier alpha value is -0.0800. The molecule has 0 amide bonds. The summed E-state index contributed by atoms with van der Waals surface area (Å²) in [6, 6.07) is 0. The van der Waals surface area contributed by atoms with E-state index in [1.165, 1.54) is 32.1 Å². The van der Waals surface area contributed by atoms with Gasteiger partial charge < -0.3 is 5.11 Å². The number of likely N-dealkylation sites (tertiary alicyclic amines) is 1. The molecule has 0 aromatic carbocycles. The van der Waals surface area contributed by atoms with Crippen molar-refractivity contribution in [2.75, 3.05) is 13.1 Å². The van der Waals surface area contributed by atoms with Gasteiger partial charge in [-0.05, 0) is 32.1 Å². The normalized spacial score (nSPS) is 30.8. The molecule has 12 heavy (non-hydrogen) atoms. The third-order valence-corrected chi connectivity index (χ3v) is 3.35. The van der Waals surface area contributed by atoms with Gasteiger partial charge in [-0.2, -0.15) is 0 Å². The van der Waals surface area contributed by atoms with Crippen molar-refractivity contribution in [2.45, 2.75) is 50.7 Å². The molecule has 1 aliphatic heterocycles. The molecule has 0 aromatic rings. The Labute approximate surface area is 74.6 Å². The van der Waals surface area contributed by atoms with Gasteiger partial charge in [-0.25, -0.2) is 0 Å². The molecule has 1 saturated carbocycles. The summed E-state index contributed by atoms with van der Waals surface area (Å²) in [4.78, 5) is 2.31. The van der Waals surface area contributed by atoms with Gasteiger partial charge in [-0.1, -0.05) is 12.8 Å². The molecule has 2 nitrogen and oxygen atoms in total. The fourth-order valence-corrected chi connectivity index (χ4v) is 2.30. The van der Waals surface area contributed by atoms with E-state index in [2.05, 4.69) is 4.90 Å². The van der Waals surface area contributed by atoms with E-state index in [1.54, 1.807) is 0 Å². The first kappa shape index (κ1) is 8.52. The molecule has 0 aromatic heterocycles. The Morgan fingerprint density at radius 2 is 1.42 bits per heavy atom. The van der Waals surface area contributed by atoms with Crippen LogP contribution in [0.2, 0.25) is 0 Å². The van der Waals surface area contributed by atoms with Gasteiger partial charge in [0.05, 0.1) is 0 Å². The molecule has 0 bridgehead atoms. The highest BCUT2D eigenvalue weighted by Crippen LogP contribution is 2.36. The van der Waals surface area contributed by atoms with Crippen molar-refractivity contribution in [2.24, 2.45) is 0 Å². The molecule has 1 saturated heterocycles. The third kappa shape index (κ3) is 1.50. The zero-order valence-electron chi connectivity index (χ0n) is 7.76. The smallest absolute Gasteiger partial charge is 0.118 e. The Morgan fingerprint density at radius 1 is 0.833 bits per heavy atom. The fraction of sp³-hybridized carbons (Fsp3) is 1.00. The van der Waals surface area contributed by atoms with Crippen LogP contribution in [-0.2, 0) is 0 Å². The maximum absolute atomic E-state index is 10.1. The number of rotatable bonds is 1. The van der Waals surface area contributed by atoms with Crippen LogP contribution < -0.4 is 0 Å². The van der Waals surface area contributed by atoms with E-state index in [-0.39, 0.29) is 5.72 Å². The second-order valence-electron chi connectivity index (χ2n) is 4.24. The van der Waals surface area contributed by atoms with Crippen molar-refractivity contribution < 1.29 is 5.11 Å². The van der Waals surface area contributed by atoms with Crippen molar-refractivity contribution in [1.29, 1.82) is 0 Å². The van der Waals surface area contributed by atoms with Gasteiger partial charge in [-0.3, -0.25) is 4.90 Å². The Kier molecular flexibility index (Phi) is 2.37. The first-order chi connectivity index (χ1) is 5.81. The van der Waals surface area contributed by atoms with Crippen LogP contribution >= 0.6 is 0 Å². The summed E-state index contributed by atoms with van der Waals surface area (Å²) in [6.45, 7) is 2.24. The molecule has 70 valence electrons. The monoisotopic (exact) mass is 169 g/mol. The summed E-state index contributed by atoms with van der Waals surface area (Å²) in [7, 11) is 0. The maximum Gasteiger partial charge on any atom is 0.118 e. The van der Waals surface area contributed by atoms with Crippen LogP contribution in [0.15, 0.2) is 0 Å². The van der Waals surface area contributed by atoms with Gasteiger partial charge in [-0.15, -0.1) is 0 Å². The molecule has 1 N–H and O–H groups in total. The second kappa shape index (κ2) is 3.35. The van der Waals surface area contributed by atoms with Gasteiger partial charge in [0.2, 0.25) is 0 Å². The molecule has 1 heterocycles. The molecule has 2 fully saturated rings. The summed E-state index contributed by atoms with van der Waals surface area (Å²) in [5.74, 6) is 0. The van der Waals surface area contributed by atoms with E-state index >= 15 is 0 Å². The lowest BCUT2D eigenvalue weighted by Crippen LogP contribution is -2.53. The van der Waals surface area contributed by atoms with Gasteiger partial charge in [0.15, 0.2) is 0 Å². The zero-order chi connectivity index (χ0) is 8.44. The lowest BCUT2D eigenvalue weighted by molar-refractivity contribution is -0.160. The quantitative estimate of drug-likeness (QED) is 0.646. The summed E-state index contributed by atoms with van der Waals surface area (Å²) in [5.41, 5.74) is -0.385. The number of hydrogen-bond donors (Lipinski definition) is 1. The molecule has 2 heteroatoms. The van der Waals surface area contributed by atoms with Gasteiger partial charge in [0.25, 0.3) is 0 Å². The van der Waals surface area contributed by atoms with Crippen LogP contribution in [-0.4, -0.2) is 28.8 Å². The molecular weight excluding hydrogens is 150 g/mol. The van der Waals surface area contributed by atoms with Crippen molar-refractivity contribution in [3.8, 4) is 0 Å². The Morgan fingerprint density at radius 3 is 1.83 bits per heavy atom. The summed E-state index contributed by atoms with van der Waals surface area (Å²) in [6.07, 6.45) is 8.50. The highest BCUT2D eigenvalue weighted by atomic mass is 16.3. The minimum Gasteiger partial charge on any atom is -0.376 e. The highest BCUT2D eigenvalue weighted by Gasteiger charge is 2.39. The predicted molar refractivity (Wildman–Crippen MR) is 48.8 cm³/mol. The van der Waals surface area contributed by atoms with E-state index < -0.39 is 0 Å². The largest absolute Gasteiger partial charge is 0.376 e. The summed E-state index contributed by atoms with van der Waals surface area (Å²) in [5, 5.41) is 10.1. The van der Waals surface area contributed by atoms with Crippen LogP contribution in [0.5, 0.6) is 0 Å². The third-order valence-electron chi connectivity index (χ3n) is 3.35. The van der Waals surface area contributed by atoms with Crippen molar-refractivity contribution >= 4 is 0 Å². The van der Waals surface area contributed by atoms with Crippen molar-refractivity contribution in [3.63, 3.8) is 0 Å². The summed E-state index contributed by atoms with van der Waals surface area (Å²) >= 11 is 0. The van der Waals surface area contributed by atoms with Gasteiger partial charge >= 0.3 is 0 Å². The molecule has 2 rings (SSSR count). The van der Waals surface area contributed by atoms with E-state index in [4.69, 9.17) is 0 Å². The van der Waals surface area contributed by atoms with Crippen LogP contribution in [0.1, 0.15) is 44.9 Å². The highest BCUT2D eigenvalue weighted by molar-refractivity contribution is 4.88. The summed E-state index contributed by atoms with van der Waals surface area (Å²) < 4.78 is 0. The molecule has 0 spiro atoms. The molecule has 0 radical (unpaired) electrons. The number of hydrogen-bond acceptors (Lipinski definition) is 2. The zero-order valence-corrected chi connectivity index (χ0v) is 7.76. The molecule has 0 atom stereocenters. The molecule has 0 unspecified atom stereocenters. The number of nitrogens with zero attached hydrogens (tertiary/aromatic N) is 1. The molecule has 1 aliphatic carbocycles. The maximum atomic E-state index is 10.1. The van der Waals surface area contributed by atoms with Gasteiger partial charge in [0, 0.05) is 13.1 Å². The van der Waals surface area contributed by atoms with Crippen LogP contribution in [0, 0.1) is 0 Å². The Bertz CT molecular complexity index is 146. The molecular formula is C10H19NO. The van der Waals surface area contributed by atoms with Crippen molar-refractivity contribution in [1.82, 2.24) is 4.90 Å². The van der Waals surface area contributed by atoms with E-state index in [0.717, 1.165) is 25.9 Å². The number of aliphatic hydroxyl groups is 1. The standard InChI is InChI=1S/C10H19NO/c12-10(6-5-7-10)11-8-3-1-2-4-9-11/h12H,1-9H2. The molecule has 2 aliphatic rings. The average Bonchev–Trinajstić information content (AvgIpc) is 2.27. The van der Waals surface area contributed by atoms with Crippen LogP contribution in [0.3, 0.4) is 0 Å². The van der Waals surface area contributed by atoms with Crippen LogP contribution in [0.4, 0.5) is 0 Å². The lowest BCUT2D eigenvalue weighted by atomic mass is 9.86. The van der Waals surface area contributed by atoms with E-state index in [9.17, 15) is 5.11 Å². The minimum atomic E-state index is -0.385. The first-order valence-corrected chi connectivity index (χ1v) is 5.29. The van der Waals surface area contributed by atoms with E-state index in [0.29, 0.717) is 0 Å². The Balaban J connectivity index is 1.91. The lowest BCUT2D eigenvalue weighted by Gasteiger charge is -2.45.